The van der Waals surface area contributed by atoms with Crippen LogP contribution in [0.15, 0.2) is 0 Å². The van der Waals surface area contributed by atoms with Crippen LogP contribution in [0.4, 0.5) is 0 Å². The maximum absolute atomic E-state index is 12.6. The van der Waals surface area contributed by atoms with E-state index in [4.69, 9.17) is 4.74 Å². The number of methoxy groups -OCH3 is 1. The number of hydrogen-bond donors (Lipinski definition) is 0. The van der Waals surface area contributed by atoms with Gasteiger partial charge in [-0.05, 0) is 68.1 Å². The van der Waals surface area contributed by atoms with Gasteiger partial charge in [-0.15, -0.1) is 0 Å². The SMILES string of the molecule is COC(=O)[C@@]1(C)CC(C)C[C@@]2(C)C1CC[C@H]1CCCC[C@@H]12. The van der Waals surface area contributed by atoms with E-state index in [9.17, 15) is 4.79 Å². The molecule has 0 heterocycles. The van der Waals surface area contributed by atoms with Gasteiger partial charge in [-0.25, -0.2) is 0 Å². The van der Waals surface area contributed by atoms with E-state index in [0.29, 0.717) is 17.3 Å². The molecule has 21 heavy (non-hydrogen) atoms. The number of rotatable bonds is 1. The minimum atomic E-state index is -0.260. The summed E-state index contributed by atoms with van der Waals surface area (Å²) >= 11 is 0. The van der Waals surface area contributed by atoms with Crippen molar-refractivity contribution in [3.63, 3.8) is 0 Å². The summed E-state index contributed by atoms with van der Waals surface area (Å²) in [7, 11) is 1.57. The lowest BCUT2D eigenvalue weighted by Gasteiger charge is -2.61. The van der Waals surface area contributed by atoms with Gasteiger partial charge in [0.15, 0.2) is 0 Å². The van der Waals surface area contributed by atoms with Crippen LogP contribution in [0.1, 0.15) is 72.1 Å². The molecule has 3 fully saturated rings. The van der Waals surface area contributed by atoms with Crippen molar-refractivity contribution in [3.8, 4) is 0 Å². The molecule has 2 heteroatoms. The van der Waals surface area contributed by atoms with Gasteiger partial charge in [0.05, 0.1) is 12.5 Å². The minimum Gasteiger partial charge on any atom is -0.469 e. The highest BCUT2D eigenvalue weighted by atomic mass is 16.5. The molecule has 0 N–H and O–H groups in total. The van der Waals surface area contributed by atoms with Crippen molar-refractivity contribution in [3.05, 3.63) is 0 Å². The summed E-state index contributed by atoms with van der Waals surface area (Å²) in [5.41, 5.74) is 0.0908. The van der Waals surface area contributed by atoms with E-state index in [-0.39, 0.29) is 11.4 Å². The second-order valence-electron chi connectivity index (χ2n) is 8.71. The molecule has 0 spiro atoms. The summed E-state index contributed by atoms with van der Waals surface area (Å²) in [6, 6.07) is 0. The largest absolute Gasteiger partial charge is 0.469 e. The summed E-state index contributed by atoms with van der Waals surface area (Å²) in [5.74, 6) is 2.97. The Morgan fingerprint density at radius 2 is 1.76 bits per heavy atom. The van der Waals surface area contributed by atoms with Gasteiger partial charge in [-0.2, -0.15) is 0 Å². The first-order chi connectivity index (χ1) is 9.91. The predicted molar refractivity (Wildman–Crippen MR) is 84.8 cm³/mol. The van der Waals surface area contributed by atoms with E-state index in [0.717, 1.165) is 18.3 Å². The number of carbonyl (C=O) groups excluding carboxylic acids is 1. The van der Waals surface area contributed by atoms with Crippen LogP contribution in [0.3, 0.4) is 0 Å². The Hall–Kier alpha value is -0.530. The molecule has 0 amide bonds. The summed E-state index contributed by atoms with van der Waals surface area (Å²) in [6.07, 6.45) is 10.5. The van der Waals surface area contributed by atoms with Crippen molar-refractivity contribution in [2.45, 2.75) is 72.1 Å². The quantitative estimate of drug-likeness (QED) is 0.648. The lowest BCUT2D eigenvalue weighted by atomic mass is 9.43. The molecule has 0 aromatic rings. The van der Waals surface area contributed by atoms with Crippen molar-refractivity contribution < 1.29 is 9.53 Å². The molecule has 3 aliphatic carbocycles. The third-order valence-electron chi connectivity index (χ3n) is 7.36. The average molecular weight is 292 g/mol. The zero-order valence-electron chi connectivity index (χ0n) is 14.3. The van der Waals surface area contributed by atoms with E-state index in [1.165, 1.54) is 44.9 Å². The summed E-state index contributed by atoms with van der Waals surface area (Å²) < 4.78 is 5.23. The number of esters is 1. The lowest BCUT2D eigenvalue weighted by Crippen LogP contribution is -2.57. The third-order valence-corrected chi connectivity index (χ3v) is 7.36. The molecule has 3 saturated carbocycles. The molecule has 2 nitrogen and oxygen atoms in total. The minimum absolute atomic E-state index is 0.0412. The Morgan fingerprint density at radius 3 is 2.48 bits per heavy atom. The number of carbonyl (C=O) groups is 1. The second-order valence-corrected chi connectivity index (χ2v) is 8.71. The summed E-state index contributed by atoms with van der Waals surface area (Å²) in [4.78, 5) is 12.6. The Kier molecular flexibility index (Phi) is 3.86. The zero-order chi connectivity index (χ0) is 15.3. The smallest absolute Gasteiger partial charge is 0.311 e. The van der Waals surface area contributed by atoms with E-state index < -0.39 is 0 Å². The van der Waals surface area contributed by atoms with Gasteiger partial charge in [-0.3, -0.25) is 4.79 Å². The van der Waals surface area contributed by atoms with Crippen molar-refractivity contribution in [1.29, 1.82) is 0 Å². The van der Waals surface area contributed by atoms with Gasteiger partial charge in [-0.1, -0.05) is 33.1 Å². The van der Waals surface area contributed by atoms with Gasteiger partial charge in [0, 0.05) is 0 Å². The average Bonchev–Trinajstić information content (AvgIpc) is 2.45. The number of hydrogen-bond acceptors (Lipinski definition) is 2. The molecule has 0 aromatic heterocycles. The first-order valence-corrected chi connectivity index (χ1v) is 9.00. The summed E-state index contributed by atoms with van der Waals surface area (Å²) in [6.45, 7) is 7.05. The fourth-order valence-corrected chi connectivity index (χ4v) is 6.88. The van der Waals surface area contributed by atoms with Crippen LogP contribution in [0, 0.1) is 34.5 Å². The van der Waals surface area contributed by atoms with E-state index in [1.54, 1.807) is 7.11 Å². The second kappa shape index (κ2) is 5.28. The highest BCUT2D eigenvalue weighted by molar-refractivity contribution is 5.77. The fourth-order valence-electron chi connectivity index (χ4n) is 6.88. The molecule has 0 aromatic carbocycles. The maximum Gasteiger partial charge on any atom is 0.311 e. The van der Waals surface area contributed by atoms with Crippen LogP contribution >= 0.6 is 0 Å². The van der Waals surface area contributed by atoms with Crippen LogP contribution in [0.5, 0.6) is 0 Å². The summed E-state index contributed by atoms with van der Waals surface area (Å²) in [5, 5.41) is 0. The molecular weight excluding hydrogens is 260 g/mol. The highest BCUT2D eigenvalue weighted by Crippen LogP contribution is 2.65. The van der Waals surface area contributed by atoms with Crippen molar-refractivity contribution in [2.24, 2.45) is 34.5 Å². The topological polar surface area (TPSA) is 26.3 Å². The van der Waals surface area contributed by atoms with E-state index >= 15 is 0 Å². The Balaban J connectivity index is 1.97. The molecular formula is C19H32O2. The molecule has 0 aliphatic heterocycles. The molecule has 120 valence electrons. The van der Waals surface area contributed by atoms with Gasteiger partial charge in [0.1, 0.15) is 0 Å². The standard InChI is InChI=1S/C19H32O2/c1-13-11-18(2)15-8-6-5-7-14(15)9-10-16(18)19(3,12-13)17(20)21-4/h13-16H,5-12H2,1-4H3/t13?,14-,15+,16?,18-,19+/m1/s1. The zero-order valence-corrected chi connectivity index (χ0v) is 14.3. The molecule has 2 unspecified atom stereocenters. The molecule has 0 radical (unpaired) electrons. The van der Waals surface area contributed by atoms with Gasteiger partial charge in [0.25, 0.3) is 0 Å². The first-order valence-electron chi connectivity index (χ1n) is 9.00. The van der Waals surface area contributed by atoms with E-state index in [2.05, 4.69) is 20.8 Å². The third kappa shape index (κ3) is 2.24. The Morgan fingerprint density at radius 1 is 1.05 bits per heavy atom. The van der Waals surface area contributed by atoms with Crippen molar-refractivity contribution >= 4 is 5.97 Å². The fraction of sp³-hybridized carbons (Fsp3) is 0.947. The Bertz CT molecular complexity index is 418. The van der Waals surface area contributed by atoms with Gasteiger partial charge >= 0.3 is 5.97 Å². The Labute approximate surface area is 130 Å². The van der Waals surface area contributed by atoms with Crippen LogP contribution in [-0.4, -0.2) is 13.1 Å². The molecule has 0 saturated heterocycles. The van der Waals surface area contributed by atoms with Gasteiger partial charge < -0.3 is 4.74 Å². The molecule has 3 aliphatic rings. The van der Waals surface area contributed by atoms with Crippen molar-refractivity contribution in [2.75, 3.05) is 7.11 Å². The first kappa shape index (κ1) is 15.4. The van der Waals surface area contributed by atoms with Gasteiger partial charge in [0.2, 0.25) is 0 Å². The normalized spacial score (nSPS) is 49.9. The predicted octanol–water partition coefficient (Wildman–Crippen LogP) is 4.82. The van der Waals surface area contributed by atoms with Crippen LogP contribution < -0.4 is 0 Å². The van der Waals surface area contributed by atoms with Crippen LogP contribution in [0.2, 0.25) is 0 Å². The van der Waals surface area contributed by atoms with Crippen LogP contribution in [-0.2, 0) is 9.53 Å². The monoisotopic (exact) mass is 292 g/mol. The molecule has 6 atom stereocenters. The molecule has 0 bridgehead atoms. The number of ether oxygens (including phenoxy) is 1. The molecule has 3 rings (SSSR count). The van der Waals surface area contributed by atoms with E-state index in [1.807, 2.05) is 0 Å². The van der Waals surface area contributed by atoms with Crippen molar-refractivity contribution in [1.82, 2.24) is 0 Å². The lowest BCUT2D eigenvalue weighted by molar-refractivity contribution is -0.180. The number of fused-ring (bicyclic) bond motifs is 3. The maximum atomic E-state index is 12.6. The van der Waals surface area contributed by atoms with Crippen LogP contribution in [0.25, 0.3) is 0 Å². The highest BCUT2D eigenvalue weighted by Gasteiger charge is 2.60.